The summed E-state index contributed by atoms with van der Waals surface area (Å²) < 4.78 is 67.8. The summed E-state index contributed by atoms with van der Waals surface area (Å²) in [6.07, 6.45) is -3.16. The third-order valence-electron chi connectivity index (χ3n) is 0.655. The van der Waals surface area contributed by atoms with Gasteiger partial charge in [0.1, 0.15) is 0 Å². The second-order valence-electron chi connectivity index (χ2n) is 1.41. The molecule has 0 aromatic carbocycles. The molecular formula is C3H3F6P. The van der Waals surface area contributed by atoms with Crippen LogP contribution in [0.4, 0.5) is 26.1 Å². The predicted molar refractivity (Wildman–Crippen MR) is 27.5 cm³/mol. The van der Waals surface area contributed by atoms with E-state index in [0.29, 0.717) is 0 Å². The Labute approximate surface area is 53.8 Å². The van der Waals surface area contributed by atoms with Gasteiger partial charge in [-0.05, 0) is 0 Å². The van der Waals surface area contributed by atoms with Crippen LogP contribution in [0.3, 0.4) is 0 Å². The molecule has 0 amide bonds. The van der Waals surface area contributed by atoms with Crippen LogP contribution in [-0.2, 0) is 0 Å². The first-order chi connectivity index (χ1) is 4.41. The van der Waals surface area contributed by atoms with Crippen molar-refractivity contribution >= 4 is 8.89 Å². The molecule has 0 spiro atoms. The van der Waals surface area contributed by atoms with Crippen molar-refractivity contribution in [2.75, 3.05) is 0 Å². The Morgan fingerprint density at radius 1 is 1.10 bits per heavy atom. The Kier molecular flexibility index (Phi) is 3.15. The first-order valence-corrected chi connectivity index (χ1v) is 3.31. The van der Waals surface area contributed by atoms with Crippen LogP contribution >= 0.6 is 8.89 Å². The molecule has 0 saturated carbocycles. The Hall–Kier alpha value is -0.250. The number of halogens is 6. The van der Waals surface area contributed by atoms with Crippen LogP contribution in [0.2, 0.25) is 0 Å². The average molecular weight is 184 g/mol. The van der Waals surface area contributed by atoms with Gasteiger partial charge in [-0.3, -0.25) is 0 Å². The quantitative estimate of drug-likeness (QED) is 0.457. The van der Waals surface area contributed by atoms with Gasteiger partial charge < -0.3 is 0 Å². The SMILES string of the molecule is F[PH3]C(F)(F)C(F)=C(F)F. The molecule has 0 radical (unpaired) electrons. The summed E-state index contributed by atoms with van der Waals surface area (Å²) in [5.41, 5.74) is -4.54. The summed E-state index contributed by atoms with van der Waals surface area (Å²) in [4.78, 5) is 0. The van der Waals surface area contributed by atoms with E-state index in [0.717, 1.165) is 0 Å². The van der Waals surface area contributed by atoms with Crippen molar-refractivity contribution in [1.82, 2.24) is 0 Å². The predicted octanol–water partition coefficient (Wildman–Crippen LogP) is 2.68. The summed E-state index contributed by atoms with van der Waals surface area (Å²) in [5.74, 6) is -2.94. The summed E-state index contributed by atoms with van der Waals surface area (Å²) in [5, 5.41) is 0. The van der Waals surface area contributed by atoms with E-state index in [1.54, 1.807) is 0 Å². The van der Waals surface area contributed by atoms with Gasteiger partial charge in [0, 0.05) is 0 Å². The van der Waals surface area contributed by atoms with Crippen molar-refractivity contribution in [3.63, 3.8) is 0 Å². The van der Waals surface area contributed by atoms with E-state index in [2.05, 4.69) is 0 Å². The van der Waals surface area contributed by atoms with Crippen molar-refractivity contribution < 1.29 is 26.1 Å². The van der Waals surface area contributed by atoms with E-state index in [1.807, 2.05) is 0 Å². The molecule has 0 aliphatic rings. The third-order valence-corrected chi connectivity index (χ3v) is 1.30. The van der Waals surface area contributed by atoms with E-state index >= 15 is 0 Å². The van der Waals surface area contributed by atoms with Crippen LogP contribution in [0.15, 0.2) is 11.9 Å². The third kappa shape index (κ3) is 2.17. The molecule has 0 heterocycles. The van der Waals surface area contributed by atoms with Gasteiger partial charge in [0.05, 0.1) is 0 Å². The fourth-order valence-electron chi connectivity index (χ4n) is 0.197. The molecule has 0 fully saturated rings. The van der Waals surface area contributed by atoms with Gasteiger partial charge in [-0.25, -0.2) is 0 Å². The van der Waals surface area contributed by atoms with Crippen molar-refractivity contribution in [2.45, 2.75) is 5.66 Å². The Morgan fingerprint density at radius 3 is 1.60 bits per heavy atom. The molecule has 0 bridgehead atoms. The molecule has 0 aliphatic carbocycles. The summed E-state index contributed by atoms with van der Waals surface area (Å²) in [7, 11) is -3.59. The van der Waals surface area contributed by atoms with Gasteiger partial charge in [0.25, 0.3) is 0 Å². The van der Waals surface area contributed by atoms with Gasteiger partial charge in [0.15, 0.2) is 0 Å². The van der Waals surface area contributed by atoms with Crippen molar-refractivity contribution in [1.29, 1.82) is 0 Å². The standard InChI is InChI=1S/C3H3F6P/c4-1(2(5)6)3(7,8)10-9/h10H3. The normalized spacial score (nSPS) is 11.8. The zero-order valence-electron chi connectivity index (χ0n) is 4.47. The van der Waals surface area contributed by atoms with E-state index in [9.17, 15) is 26.1 Å². The average Bonchev–Trinajstić information content (AvgIpc) is 1.86. The van der Waals surface area contributed by atoms with Crippen molar-refractivity contribution in [3.05, 3.63) is 11.9 Å². The minimum atomic E-state index is -4.54. The molecule has 0 aliphatic heterocycles. The maximum atomic E-state index is 11.6. The maximum absolute atomic E-state index is 11.6. The van der Waals surface area contributed by atoms with Gasteiger partial charge in [-0.2, -0.15) is 0 Å². The Morgan fingerprint density at radius 2 is 1.50 bits per heavy atom. The molecule has 0 aromatic heterocycles. The van der Waals surface area contributed by atoms with Gasteiger partial charge in [-0.15, -0.1) is 0 Å². The van der Waals surface area contributed by atoms with E-state index < -0.39 is 26.5 Å². The zero-order valence-corrected chi connectivity index (χ0v) is 5.89. The summed E-state index contributed by atoms with van der Waals surface area (Å²) in [6.45, 7) is 0. The van der Waals surface area contributed by atoms with Crippen LogP contribution < -0.4 is 0 Å². The first-order valence-electron chi connectivity index (χ1n) is 2.07. The van der Waals surface area contributed by atoms with Gasteiger partial charge in [-0.1, -0.05) is 0 Å². The monoisotopic (exact) mass is 184 g/mol. The van der Waals surface area contributed by atoms with Crippen LogP contribution in [-0.4, -0.2) is 5.66 Å². The van der Waals surface area contributed by atoms with Crippen molar-refractivity contribution in [3.8, 4) is 0 Å². The number of alkyl halides is 2. The second-order valence-corrected chi connectivity index (χ2v) is 2.57. The number of hydrogen-bond donors (Lipinski definition) is 0. The molecule has 62 valence electrons. The summed E-state index contributed by atoms with van der Waals surface area (Å²) >= 11 is 0. The molecule has 10 heavy (non-hydrogen) atoms. The van der Waals surface area contributed by atoms with E-state index in [-0.39, 0.29) is 0 Å². The number of rotatable bonds is 2. The van der Waals surface area contributed by atoms with Crippen LogP contribution in [0.1, 0.15) is 0 Å². The zero-order chi connectivity index (χ0) is 8.36. The molecule has 0 saturated heterocycles. The fourth-order valence-corrected chi connectivity index (χ4v) is 0.448. The molecule has 7 heteroatoms. The topological polar surface area (TPSA) is 0 Å². The molecule has 0 nitrogen and oxygen atoms in total. The van der Waals surface area contributed by atoms with Crippen LogP contribution in [0.5, 0.6) is 0 Å². The Balaban J connectivity index is 4.49. The molecule has 0 rings (SSSR count). The van der Waals surface area contributed by atoms with E-state index in [4.69, 9.17) is 0 Å². The molecule has 0 N–H and O–H groups in total. The second kappa shape index (κ2) is 3.23. The molecule has 0 unspecified atom stereocenters. The minimum absolute atomic E-state index is 2.94. The van der Waals surface area contributed by atoms with E-state index in [1.165, 1.54) is 0 Å². The Bertz CT molecular complexity index is 147. The number of allylic oxidation sites excluding steroid dienone is 1. The van der Waals surface area contributed by atoms with Crippen LogP contribution in [0.25, 0.3) is 0 Å². The summed E-state index contributed by atoms with van der Waals surface area (Å²) in [6, 6.07) is 0. The fraction of sp³-hybridized carbons (Fsp3) is 0.333. The number of hydrogen-bond acceptors (Lipinski definition) is 0. The van der Waals surface area contributed by atoms with Gasteiger partial charge >= 0.3 is 52.6 Å². The van der Waals surface area contributed by atoms with Crippen LogP contribution in [0, 0.1) is 0 Å². The van der Waals surface area contributed by atoms with Gasteiger partial charge in [0.2, 0.25) is 0 Å². The molecular weight excluding hydrogens is 181 g/mol. The molecule has 0 atom stereocenters. The van der Waals surface area contributed by atoms with Crippen molar-refractivity contribution in [2.24, 2.45) is 0 Å². The molecule has 0 aromatic rings. The first kappa shape index (κ1) is 9.75.